The summed E-state index contributed by atoms with van der Waals surface area (Å²) < 4.78 is 37.9. The monoisotopic (exact) mass is 517 g/mol. The molecule has 4 rings (SSSR count). The number of hydrogen-bond donors (Lipinski definition) is 1. The summed E-state index contributed by atoms with van der Waals surface area (Å²) in [5.41, 5.74) is 0.545. The number of unbranched alkanes of at least 4 members (excludes halogenated alkanes) is 2. The Balaban J connectivity index is 0.000000360. The van der Waals surface area contributed by atoms with E-state index in [1.54, 1.807) is 10.6 Å². The third-order valence-corrected chi connectivity index (χ3v) is 5.13. The fraction of sp³-hybridized carbons (Fsp3) is 0.444. The van der Waals surface area contributed by atoms with Crippen molar-refractivity contribution in [1.82, 2.24) is 28.7 Å². The molecular weight excluding hydrogens is 499 g/mol. The Morgan fingerprint density at radius 3 is 2.50 bits per heavy atom. The van der Waals surface area contributed by atoms with Gasteiger partial charge in [0.25, 0.3) is 5.56 Å². The molecule has 0 fully saturated rings. The van der Waals surface area contributed by atoms with Crippen molar-refractivity contribution in [3.63, 3.8) is 0 Å². The van der Waals surface area contributed by atoms with Gasteiger partial charge >= 0.3 is 12.1 Å². The fourth-order valence-electron chi connectivity index (χ4n) is 3.16. The van der Waals surface area contributed by atoms with Crippen LogP contribution in [0, 0.1) is 0 Å². The lowest BCUT2D eigenvalue weighted by atomic mass is 10.2. The number of nitrogens with zero attached hydrogens (tertiary/aromatic N) is 7. The van der Waals surface area contributed by atoms with Gasteiger partial charge in [0.15, 0.2) is 5.82 Å². The minimum Gasteiger partial charge on any atom is -0.475 e. The second kappa shape index (κ2) is 9.22. The molecule has 0 atom stereocenters. The first kappa shape index (κ1) is 23.6. The molecule has 3 aromatic heterocycles. The van der Waals surface area contributed by atoms with Crippen molar-refractivity contribution in [2.24, 2.45) is 12.0 Å². The molecule has 1 aliphatic heterocycles. The van der Waals surface area contributed by atoms with E-state index in [0.29, 0.717) is 35.2 Å². The van der Waals surface area contributed by atoms with Gasteiger partial charge < -0.3 is 9.67 Å². The average molecular weight is 518 g/mol. The Hall–Kier alpha value is -3.03. The van der Waals surface area contributed by atoms with Crippen molar-refractivity contribution in [3.05, 3.63) is 28.3 Å². The molecule has 0 saturated carbocycles. The number of fused-ring (bicyclic) bond motifs is 2. The van der Waals surface area contributed by atoms with E-state index in [9.17, 15) is 18.0 Å². The predicted octanol–water partition coefficient (Wildman–Crippen LogP) is 3.10. The van der Waals surface area contributed by atoms with Gasteiger partial charge in [-0.1, -0.05) is 19.8 Å². The standard InChI is InChI=1S/C16H18BrN7O.C2HF3O2/c1-3-4-5-7-23-12-10(9-11(17)19-12)15(25)24-14(20-21-16(23)24)13-18-6-8-22(13)2;3-2(4,5)1(6)7/h6,8H,3-5,7,9H2,1-2H3;(H,6,7). The van der Waals surface area contributed by atoms with Crippen molar-refractivity contribution >= 4 is 38.1 Å². The number of carbonyl (C=O) groups is 1. The Morgan fingerprint density at radius 1 is 1.25 bits per heavy atom. The van der Waals surface area contributed by atoms with Crippen LogP contribution in [0.3, 0.4) is 0 Å². The maximum absolute atomic E-state index is 13.1. The summed E-state index contributed by atoms with van der Waals surface area (Å²) in [5.74, 6) is -0.472. The van der Waals surface area contributed by atoms with E-state index in [1.807, 2.05) is 22.4 Å². The molecule has 10 nitrogen and oxygen atoms in total. The molecule has 0 saturated heterocycles. The van der Waals surface area contributed by atoms with Gasteiger partial charge in [-0.15, -0.1) is 10.2 Å². The number of rotatable bonds is 5. The minimum atomic E-state index is -5.08. The number of alkyl halides is 3. The molecule has 0 spiro atoms. The van der Waals surface area contributed by atoms with E-state index in [1.165, 1.54) is 0 Å². The van der Waals surface area contributed by atoms with Gasteiger partial charge in [-0.3, -0.25) is 9.36 Å². The second-order valence-electron chi connectivity index (χ2n) is 6.95. The van der Waals surface area contributed by atoms with Crippen LogP contribution in [0.5, 0.6) is 0 Å². The summed E-state index contributed by atoms with van der Waals surface area (Å²) in [6, 6.07) is 0. The van der Waals surface area contributed by atoms with Crippen LogP contribution in [0.2, 0.25) is 0 Å². The van der Waals surface area contributed by atoms with Gasteiger partial charge in [0, 0.05) is 32.4 Å². The third-order valence-electron chi connectivity index (χ3n) is 4.67. The molecule has 0 aromatic carbocycles. The van der Waals surface area contributed by atoms with Crippen molar-refractivity contribution in [1.29, 1.82) is 0 Å². The topological polar surface area (TPSA) is 120 Å². The third kappa shape index (κ3) is 4.59. The first-order valence-electron chi connectivity index (χ1n) is 9.57. The lowest BCUT2D eigenvalue weighted by Gasteiger charge is -2.12. The Morgan fingerprint density at radius 2 is 1.94 bits per heavy atom. The number of aliphatic carboxylic acids is 1. The number of carboxylic acids is 1. The quantitative estimate of drug-likeness (QED) is 0.519. The molecule has 172 valence electrons. The SMILES string of the molecule is CCCCCn1c2c(c(=O)n3c(-c4nccn4C)nnc13)CC(Br)=N2.O=C(O)C(F)(F)F. The maximum Gasteiger partial charge on any atom is 0.490 e. The van der Waals surface area contributed by atoms with E-state index in [2.05, 4.69) is 43.0 Å². The number of aromatic nitrogens is 6. The van der Waals surface area contributed by atoms with Gasteiger partial charge in [-0.25, -0.2) is 19.2 Å². The molecule has 0 unspecified atom stereocenters. The number of aliphatic imine (C=N–C) groups is 1. The number of halogens is 4. The Kier molecular flexibility index (Phi) is 6.81. The molecular formula is C18H19BrF3N7O3. The van der Waals surface area contributed by atoms with Gasteiger partial charge in [0.2, 0.25) is 11.6 Å². The summed E-state index contributed by atoms with van der Waals surface area (Å²) >= 11 is 3.43. The smallest absolute Gasteiger partial charge is 0.475 e. The average Bonchev–Trinajstić information content (AvgIpc) is 3.42. The van der Waals surface area contributed by atoms with E-state index >= 15 is 0 Å². The van der Waals surface area contributed by atoms with Crippen molar-refractivity contribution in [2.45, 2.75) is 45.3 Å². The summed E-state index contributed by atoms with van der Waals surface area (Å²) in [6.07, 6.45) is 2.15. The number of hydrogen-bond acceptors (Lipinski definition) is 6. The largest absolute Gasteiger partial charge is 0.490 e. The highest BCUT2D eigenvalue weighted by atomic mass is 79.9. The number of imidazole rings is 1. The first-order valence-corrected chi connectivity index (χ1v) is 10.4. The molecule has 14 heteroatoms. The zero-order chi connectivity index (χ0) is 23.6. The molecule has 0 aliphatic carbocycles. The highest BCUT2D eigenvalue weighted by molar-refractivity contribution is 9.18. The molecule has 0 radical (unpaired) electrons. The number of aryl methyl sites for hydroxylation is 2. The number of carboxylic acid groups (broad SMARTS) is 1. The van der Waals surface area contributed by atoms with Crippen LogP contribution >= 0.6 is 15.9 Å². The Labute approximate surface area is 187 Å². The summed E-state index contributed by atoms with van der Waals surface area (Å²) in [5, 5.41) is 15.7. The van der Waals surface area contributed by atoms with E-state index < -0.39 is 12.1 Å². The molecule has 4 heterocycles. The van der Waals surface area contributed by atoms with Crippen LogP contribution in [-0.2, 0) is 24.8 Å². The molecule has 0 amide bonds. The molecule has 1 N–H and O–H groups in total. The van der Waals surface area contributed by atoms with Crippen LogP contribution in [0.4, 0.5) is 19.0 Å². The van der Waals surface area contributed by atoms with Gasteiger partial charge in [-0.2, -0.15) is 13.2 Å². The van der Waals surface area contributed by atoms with Gasteiger partial charge in [0.1, 0.15) is 5.82 Å². The van der Waals surface area contributed by atoms with Crippen LogP contribution in [0.25, 0.3) is 17.4 Å². The lowest BCUT2D eigenvalue weighted by Crippen LogP contribution is -2.23. The van der Waals surface area contributed by atoms with Gasteiger partial charge in [-0.05, 0) is 22.4 Å². The Bertz CT molecular complexity index is 1240. The second-order valence-corrected chi connectivity index (χ2v) is 7.87. The zero-order valence-electron chi connectivity index (χ0n) is 17.1. The van der Waals surface area contributed by atoms with E-state index in [4.69, 9.17) is 9.90 Å². The zero-order valence-corrected chi connectivity index (χ0v) is 18.7. The van der Waals surface area contributed by atoms with Crippen LogP contribution in [-0.4, -0.2) is 50.6 Å². The summed E-state index contributed by atoms with van der Waals surface area (Å²) in [6.45, 7) is 2.92. The molecule has 3 aromatic rings. The van der Waals surface area contributed by atoms with Crippen LogP contribution in [0.1, 0.15) is 31.7 Å². The van der Waals surface area contributed by atoms with Crippen molar-refractivity contribution < 1.29 is 23.1 Å². The summed E-state index contributed by atoms with van der Waals surface area (Å²) in [4.78, 5) is 30.8. The maximum atomic E-state index is 13.1. The van der Waals surface area contributed by atoms with Gasteiger partial charge in [0.05, 0.1) is 10.2 Å². The molecule has 0 bridgehead atoms. The molecule has 32 heavy (non-hydrogen) atoms. The van der Waals surface area contributed by atoms with Crippen LogP contribution in [0.15, 0.2) is 22.2 Å². The van der Waals surface area contributed by atoms with E-state index in [-0.39, 0.29) is 5.56 Å². The highest BCUT2D eigenvalue weighted by Gasteiger charge is 2.38. The van der Waals surface area contributed by atoms with Crippen LogP contribution < -0.4 is 5.56 Å². The van der Waals surface area contributed by atoms with E-state index in [0.717, 1.165) is 30.4 Å². The normalized spacial score (nSPS) is 13.0. The predicted molar refractivity (Wildman–Crippen MR) is 112 cm³/mol. The van der Waals surface area contributed by atoms with Crippen molar-refractivity contribution in [2.75, 3.05) is 0 Å². The molecule has 1 aliphatic rings. The summed E-state index contributed by atoms with van der Waals surface area (Å²) in [7, 11) is 1.87. The lowest BCUT2D eigenvalue weighted by molar-refractivity contribution is -0.192. The minimum absolute atomic E-state index is 0.127. The highest BCUT2D eigenvalue weighted by Crippen LogP contribution is 2.29. The first-order chi connectivity index (χ1) is 15.1. The van der Waals surface area contributed by atoms with Crippen molar-refractivity contribution in [3.8, 4) is 11.6 Å². The fourth-order valence-corrected chi connectivity index (χ4v) is 3.61.